The van der Waals surface area contributed by atoms with E-state index in [1.165, 1.54) is 24.2 Å². The molecule has 1 aliphatic heterocycles. The van der Waals surface area contributed by atoms with Crippen molar-refractivity contribution in [2.24, 2.45) is 16.8 Å². The summed E-state index contributed by atoms with van der Waals surface area (Å²) in [7, 11) is 0. The highest BCUT2D eigenvalue weighted by Gasteiger charge is 2.37. The van der Waals surface area contributed by atoms with Crippen molar-refractivity contribution in [3.63, 3.8) is 0 Å². The van der Waals surface area contributed by atoms with E-state index in [0.29, 0.717) is 45.6 Å². The van der Waals surface area contributed by atoms with Crippen LogP contribution in [-0.4, -0.2) is 34.8 Å². The highest BCUT2D eigenvalue weighted by Crippen LogP contribution is 2.41. The van der Waals surface area contributed by atoms with Crippen molar-refractivity contribution in [3.8, 4) is 0 Å². The summed E-state index contributed by atoms with van der Waals surface area (Å²) in [5, 5.41) is 6.95. The fourth-order valence-corrected chi connectivity index (χ4v) is 5.31. The SMILES string of the molecule is O=C(NCCC1SC(=NC2CC3C=CC2C3)NC1=O)c1ccc(Cl)cc1Cl. The number of hydrogen-bond donors (Lipinski definition) is 2. The average Bonchev–Trinajstić information content (AvgIpc) is 3.31. The molecule has 1 saturated heterocycles. The van der Waals surface area contributed by atoms with Crippen molar-refractivity contribution >= 4 is 51.9 Å². The van der Waals surface area contributed by atoms with Gasteiger partial charge in [0.15, 0.2) is 5.17 Å². The maximum absolute atomic E-state index is 12.2. The van der Waals surface area contributed by atoms with Crippen molar-refractivity contribution in [2.45, 2.75) is 30.6 Å². The van der Waals surface area contributed by atoms with Gasteiger partial charge in [0, 0.05) is 11.6 Å². The molecule has 0 radical (unpaired) electrons. The number of amidine groups is 1. The van der Waals surface area contributed by atoms with Gasteiger partial charge in [-0.25, -0.2) is 0 Å². The minimum atomic E-state index is -0.275. The second kappa shape index (κ2) is 7.86. The van der Waals surface area contributed by atoms with E-state index in [4.69, 9.17) is 28.2 Å². The van der Waals surface area contributed by atoms with Gasteiger partial charge in [-0.1, -0.05) is 47.1 Å². The third kappa shape index (κ3) is 4.18. The van der Waals surface area contributed by atoms with Crippen LogP contribution in [0.25, 0.3) is 0 Å². The lowest BCUT2D eigenvalue weighted by atomic mass is 10.0. The molecule has 4 rings (SSSR count). The van der Waals surface area contributed by atoms with Crippen molar-refractivity contribution in [1.82, 2.24) is 10.6 Å². The lowest BCUT2D eigenvalue weighted by Crippen LogP contribution is -2.30. The number of amides is 2. The Morgan fingerprint density at radius 1 is 1.30 bits per heavy atom. The average molecular weight is 424 g/mol. The zero-order valence-electron chi connectivity index (χ0n) is 14.5. The number of benzene rings is 1. The van der Waals surface area contributed by atoms with Crippen LogP contribution in [0.1, 0.15) is 29.6 Å². The van der Waals surface area contributed by atoms with Crippen LogP contribution in [0.5, 0.6) is 0 Å². The van der Waals surface area contributed by atoms with E-state index in [1.54, 1.807) is 12.1 Å². The highest BCUT2D eigenvalue weighted by atomic mass is 35.5. The number of carbonyl (C=O) groups is 2. The Morgan fingerprint density at radius 3 is 2.85 bits per heavy atom. The van der Waals surface area contributed by atoms with Crippen molar-refractivity contribution in [2.75, 3.05) is 6.54 Å². The minimum Gasteiger partial charge on any atom is -0.352 e. The summed E-state index contributed by atoms with van der Waals surface area (Å²) in [6.07, 6.45) is 7.31. The Morgan fingerprint density at radius 2 is 2.15 bits per heavy atom. The quantitative estimate of drug-likeness (QED) is 0.709. The van der Waals surface area contributed by atoms with Gasteiger partial charge < -0.3 is 10.6 Å². The van der Waals surface area contributed by atoms with Gasteiger partial charge in [-0.3, -0.25) is 14.6 Å². The van der Waals surface area contributed by atoms with E-state index in [-0.39, 0.29) is 23.1 Å². The van der Waals surface area contributed by atoms with Gasteiger partial charge in [0.05, 0.1) is 21.9 Å². The van der Waals surface area contributed by atoms with Crippen LogP contribution in [0.4, 0.5) is 0 Å². The third-order valence-corrected chi connectivity index (χ3v) is 6.88. The number of hydrogen-bond acceptors (Lipinski definition) is 4. The number of aliphatic imine (C=N–C) groups is 1. The Labute approximate surface area is 172 Å². The van der Waals surface area contributed by atoms with Crippen molar-refractivity contribution < 1.29 is 9.59 Å². The summed E-state index contributed by atoms with van der Waals surface area (Å²) in [6, 6.07) is 5.03. The van der Waals surface area contributed by atoms with E-state index < -0.39 is 0 Å². The molecule has 1 heterocycles. The van der Waals surface area contributed by atoms with Crippen LogP contribution in [-0.2, 0) is 4.79 Å². The largest absolute Gasteiger partial charge is 0.352 e. The topological polar surface area (TPSA) is 70.6 Å². The molecule has 27 heavy (non-hydrogen) atoms. The molecule has 2 fully saturated rings. The fraction of sp³-hybridized carbons (Fsp3) is 0.421. The lowest BCUT2D eigenvalue weighted by Gasteiger charge is -2.13. The molecule has 2 amide bonds. The second-order valence-corrected chi connectivity index (χ2v) is 9.08. The van der Waals surface area contributed by atoms with Gasteiger partial charge in [0.1, 0.15) is 0 Å². The first kappa shape index (κ1) is 18.8. The van der Waals surface area contributed by atoms with Gasteiger partial charge in [-0.05, 0) is 49.3 Å². The molecule has 2 N–H and O–H groups in total. The van der Waals surface area contributed by atoms with Gasteiger partial charge >= 0.3 is 0 Å². The van der Waals surface area contributed by atoms with Crippen LogP contribution in [0.3, 0.4) is 0 Å². The number of rotatable bonds is 5. The van der Waals surface area contributed by atoms with E-state index in [9.17, 15) is 9.59 Å². The molecule has 4 unspecified atom stereocenters. The number of nitrogens with zero attached hydrogens (tertiary/aromatic N) is 1. The van der Waals surface area contributed by atoms with E-state index in [1.807, 2.05) is 0 Å². The first-order valence-electron chi connectivity index (χ1n) is 8.96. The standard InChI is InChI=1S/C19H19Cl2N3O2S/c20-12-3-4-13(14(21)9-12)17(25)22-6-5-16-18(26)24-19(27-16)23-15-8-10-1-2-11(15)7-10/h1-4,9-11,15-16H,5-8H2,(H,22,25)(H,23,24,26). The molecule has 142 valence electrons. The number of thioether (sulfide) groups is 1. The van der Waals surface area contributed by atoms with E-state index in [2.05, 4.69) is 22.8 Å². The molecule has 2 bridgehead atoms. The van der Waals surface area contributed by atoms with Gasteiger partial charge in [-0.15, -0.1) is 0 Å². The molecule has 1 saturated carbocycles. The Balaban J connectivity index is 1.28. The summed E-state index contributed by atoms with van der Waals surface area (Å²) in [5.74, 6) is 0.846. The van der Waals surface area contributed by atoms with Gasteiger partial charge in [0.2, 0.25) is 5.91 Å². The van der Waals surface area contributed by atoms with E-state index >= 15 is 0 Å². The number of nitrogens with one attached hydrogen (secondary N) is 2. The summed E-state index contributed by atoms with van der Waals surface area (Å²) in [6.45, 7) is 0.382. The number of fused-ring (bicyclic) bond motifs is 2. The number of allylic oxidation sites excluding steroid dienone is 1. The lowest BCUT2D eigenvalue weighted by molar-refractivity contribution is -0.118. The zero-order chi connectivity index (χ0) is 19.0. The Hall–Kier alpha value is -1.50. The summed E-state index contributed by atoms with van der Waals surface area (Å²) in [5.41, 5.74) is 0.371. The van der Waals surface area contributed by atoms with Crippen LogP contribution in [0, 0.1) is 11.8 Å². The molecular formula is C19H19Cl2N3O2S. The molecule has 2 aliphatic carbocycles. The number of carbonyl (C=O) groups excluding carboxylic acids is 2. The Bertz CT molecular complexity index is 842. The van der Waals surface area contributed by atoms with Crippen LogP contribution in [0.15, 0.2) is 35.3 Å². The molecule has 1 aromatic carbocycles. The Kier molecular flexibility index (Phi) is 5.48. The zero-order valence-corrected chi connectivity index (χ0v) is 16.8. The molecule has 3 aliphatic rings. The molecule has 0 spiro atoms. The summed E-state index contributed by atoms with van der Waals surface area (Å²) < 4.78 is 0. The first-order chi connectivity index (χ1) is 13.0. The fourth-order valence-electron chi connectivity index (χ4n) is 3.79. The van der Waals surface area contributed by atoms with Crippen molar-refractivity contribution in [1.29, 1.82) is 0 Å². The predicted molar refractivity (Wildman–Crippen MR) is 110 cm³/mol. The van der Waals surface area contributed by atoms with Crippen molar-refractivity contribution in [3.05, 3.63) is 46.0 Å². The van der Waals surface area contributed by atoms with Crippen LogP contribution >= 0.6 is 35.0 Å². The number of halogens is 2. The molecule has 4 atom stereocenters. The molecule has 5 nitrogen and oxygen atoms in total. The maximum Gasteiger partial charge on any atom is 0.252 e. The molecular weight excluding hydrogens is 405 g/mol. The minimum absolute atomic E-state index is 0.0452. The molecule has 1 aromatic rings. The highest BCUT2D eigenvalue weighted by molar-refractivity contribution is 8.15. The van der Waals surface area contributed by atoms with Crippen LogP contribution < -0.4 is 10.6 Å². The predicted octanol–water partition coefficient (Wildman–Crippen LogP) is 3.67. The van der Waals surface area contributed by atoms with E-state index in [0.717, 1.165) is 6.42 Å². The summed E-state index contributed by atoms with van der Waals surface area (Å²) in [4.78, 5) is 29.2. The normalized spacial score (nSPS) is 30.1. The maximum atomic E-state index is 12.2. The monoisotopic (exact) mass is 423 g/mol. The first-order valence-corrected chi connectivity index (χ1v) is 10.6. The third-order valence-electron chi connectivity index (χ3n) is 5.17. The molecule has 8 heteroatoms. The van der Waals surface area contributed by atoms with Crippen LogP contribution in [0.2, 0.25) is 10.0 Å². The van der Waals surface area contributed by atoms with Gasteiger partial charge in [0.25, 0.3) is 5.91 Å². The van der Waals surface area contributed by atoms with Gasteiger partial charge in [-0.2, -0.15) is 0 Å². The smallest absolute Gasteiger partial charge is 0.252 e. The second-order valence-electron chi connectivity index (χ2n) is 7.05. The summed E-state index contributed by atoms with van der Waals surface area (Å²) >= 11 is 13.3. The molecule has 0 aromatic heterocycles.